The van der Waals surface area contributed by atoms with Gasteiger partial charge in [-0.25, -0.2) is 13.8 Å². The SMILES string of the molecule is Cl.Cl.FC1(F)CCN(c2ccc3c(n2)CCNCC3)CC1. The second kappa shape index (κ2) is 7.56. The number of rotatable bonds is 1. The van der Waals surface area contributed by atoms with E-state index in [4.69, 9.17) is 0 Å². The number of anilines is 1. The molecule has 3 rings (SSSR count). The molecule has 1 N–H and O–H groups in total. The average Bonchev–Trinajstić information content (AvgIpc) is 2.63. The van der Waals surface area contributed by atoms with E-state index < -0.39 is 5.92 Å². The highest BCUT2D eigenvalue weighted by molar-refractivity contribution is 5.85. The number of nitrogens with zero attached hydrogens (tertiary/aromatic N) is 2. The van der Waals surface area contributed by atoms with Gasteiger partial charge in [-0.3, -0.25) is 0 Å². The van der Waals surface area contributed by atoms with E-state index >= 15 is 0 Å². The number of pyridine rings is 1. The summed E-state index contributed by atoms with van der Waals surface area (Å²) in [6.45, 7) is 2.74. The van der Waals surface area contributed by atoms with Crippen molar-refractivity contribution in [1.29, 1.82) is 0 Å². The fourth-order valence-electron chi connectivity index (χ4n) is 2.76. The van der Waals surface area contributed by atoms with E-state index in [0.29, 0.717) is 13.1 Å². The maximum Gasteiger partial charge on any atom is 0.251 e. The predicted molar refractivity (Wildman–Crippen MR) is 85.4 cm³/mol. The van der Waals surface area contributed by atoms with Gasteiger partial charge in [0.05, 0.1) is 0 Å². The van der Waals surface area contributed by atoms with Gasteiger partial charge in [-0.2, -0.15) is 0 Å². The fraction of sp³-hybridized carbons (Fsp3) is 0.643. The predicted octanol–water partition coefficient (Wildman–Crippen LogP) is 2.85. The highest BCUT2D eigenvalue weighted by atomic mass is 35.5. The van der Waals surface area contributed by atoms with Crippen LogP contribution in [0.3, 0.4) is 0 Å². The van der Waals surface area contributed by atoms with Gasteiger partial charge in [-0.05, 0) is 24.6 Å². The van der Waals surface area contributed by atoms with Crippen molar-refractivity contribution in [3.05, 3.63) is 23.4 Å². The zero-order valence-electron chi connectivity index (χ0n) is 11.8. The normalized spacial score (nSPS) is 20.6. The summed E-state index contributed by atoms with van der Waals surface area (Å²) in [5, 5.41) is 3.35. The monoisotopic (exact) mass is 339 g/mol. The third-order valence-electron chi connectivity index (χ3n) is 3.98. The molecule has 7 heteroatoms. The lowest BCUT2D eigenvalue weighted by molar-refractivity contribution is -0.0221. The number of hydrogen-bond donors (Lipinski definition) is 1. The topological polar surface area (TPSA) is 28.2 Å². The molecule has 2 aliphatic heterocycles. The van der Waals surface area contributed by atoms with Gasteiger partial charge in [0.15, 0.2) is 0 Å². The summed E-state index contributed by atoms with van der Waals surface area (Å²) in [6, 6.07) is 4.09. The number of aromatic nitrogens is 1. The minimum Gasteiger partial charge on any atom is -0.356 e. The summed E-state index contributed by atoms with van der Waals surface area (Å²) < 4.78 is 26.3. The summed E-state index contributed by atoms with van der Waals surface area (Å²) in [5.74, 6) is -1.64. The van der Waals surface area contributed by atoms with Crippen molar-refractivity contribution in [1.82, 2.24) is 10.3 Å². The third-order valence-corrected chi connectivity index (χ3v) is 3.98. The van der Waals surface area contributed by atoms with E-state index in [1.807, 2.05) is 11.0 Å². The number of alkyl halides is 2. The summed E-state index contributed by atoms with van der Waals surface area (Å²) in [6.07, 6.45) is 1.80. The van der Waals surface area contributed by atoms with Crippen LogP contribution in [0.5, 0.6) is 0 Å². The van der Waals surface area contributed by atoms with Crippen LogP contribution in [0.25, 0.3) is 0 Å². The Balaban J connectivity index is 0.00000110. The van der Waals surface area contributed by atoms with Crippen LogP contribution in [0.4, 0.5) is 14.6 Å². The van der Waals surface area contributed by atoms with Gasteiger partial charge in [0.1, 0.15) is 5.82 Å². The van der Waals surface area contributed by atoms with Gasteiger partial charge in [0.25, 0.3) is 5.92 Å². The number of fused-ring (bicyclic) bond motifs is 1. The number of piperidine rings is 1. The van der Waals surface area contributed by atoms with Gasteiger partial charge in [-0.15, -0.1) is 24.8 Å². The zero-order valence-corrected chi connectivity index (χ0v) is 13.4. The molecule has 3 heterocycles. The zero-order chi connectivity index (χ0) is 13.3. The first-order valence-corrected chi connectivity index (χ1v) is 6.96. The van der Waals surface area contributed by atoms with Crippen molar-refractivity contribution < 1.29 is 8.78 Å². The molecule has 0 unspecified atom stereocenters. The highest BCUT2D eigenvalue weighted by Gasteiger charge is 2.34. The van der Waals surface area contributed by atoms with Crippen molar-refractivity contribution in [2.75, 3.05) is 31.1 Å². The third kappa shape index (κ3) is 4.41. The van der Waals surface area contributed by atoms with Gasteiger partial charge in [-0.1, -0.05) is 6.07 Å². The van der Waals surface area contributed by atoms with Crippen LogP contribution < -0.4 is 10.2 Å². The average molecular weight is 340 g/mol. The first kappa shape index (κ1) is 18.4. The molecule has 0 saturated carbocycles. The molecule has 1 saturated heterocycles. The maximum absolute atomic E-state index is 13.2. The fourth-order valence-corrected chi connectivity index (χ4v) is 2.76. The van der Waals surface area contributed by atoms with Crippen LogP contribution in [0.1, 0.15) is 24.1 Å². The van der Waals surface area contributed by atoms with Crippen molar-refractivity contribution >= 4 is 30.6 Å². The van der Waals surface area contributed by atoms with E-state index in [2.05, 4.69) is 16.4 Å². The summed E-state index contributed by atoms with van der Waals surface area (Å²) >= 11 is 0. The molecule has 3 nitrogen and oxygen atoms in total. The number of hydrogen-bond acceptors (Lipinski definition) is 3. The molecule has 1 aromatic rings. The van der Waals surface area contributed by atoms with Crippen LogP contribution in [-0.4, -0.2) is 37.1 Å². The standard InChI is InChI=1S/C14H19F2N3.2ClH/c15-14(16)5-9-19(10-6-14)13-2-1-11-3-7-17-8-4-12(11)18-13;;/h1-2,17H,3-10H2;2*1H. The maximum atomic E-state index is 13.2. The summed E-state index contributed by atoms with van der Waals surface area (Å²) in [5.41, 5.74) is 2.41. The second-order valence-electron chi connectivity index (χ2n) is 5.37. The molecule has 1 fully saturated rings. The first-order valence-electron chi connectivity index (χ1n) is 6.96. The molecular formula is C14H21Cl2F2N3. The largest absolute Gasteiger partial charge is 0.356 e. The van der Waals surface area contributed by atoms with E-state index in [9.17, 15) is 8.78 Å². The van der Waals surface area contributed by atoms with Gasteiger partial charge in [0.2, 0.25) is 0 Å². The lowest BCUT2D eigenvalue weighted by Gasteiger charge is -2.32. The minimum absolute atomic E-state index is 0. The molecule has 0 atom stereocenters. The van der Waals surface area contributed by atoms with Gasteiger partial charge < -0.3 is 10.2 Å². The molecular weight excluding hydrogens is 319 g/mol. The van der Waals surface area contributed by atoms with Crippen molar-refractivity contribution in [2.24, 2.45) is 0 Å². The molecule has 0 spiro atoms. The number of nitrogens with one attached hydrogen (secondary N) is 1. The lowest BCUT2D eigenvalue weighted by atomic mass is 10.1. The Morgan fingerprint density at radius 1 is 1.05 bits per heavy atom. The molecule has 0 bridgehead atoms. The quantitative estimate of drug-likeness (QED) is 0.852. The van der Waals surface area contributed by atoms with Crippen LogP contribution >= 0.6 is 24.8 Å². The Hall–Kier alpha value is -0.650. The second-order valence-corrected chi connectivity index (χ2v) is 5.37. The van der Waals surface area contributed by atoms with E-state index in [0.717, 1.165) is 37.4 Å². The van der Waals surface area contributed by atoms with Crippen molar-refractivity contribution in [2.45, 2.75) is 31.6 Å². The summed E-state index contributed by atoms with van der Waals surface area (Å²) in [7, 11) is 0. The van der Waals surface area contributed by atoms with Crippen LogP contribution in [-0.2, 0) is 12.8 Å². The van der Waals surface area contributed by atoms with Crippen molar-refractivity contribution in [3.63, 3.8) is 0 Å². The van der Waals surface area contributed by atoms with Crippen LogP contribution in [0.2, 0.25) is 0 Å². The Morgan fingerprint density at radius 3 is 2.43 bits per heavy atom. The lowest BCUT2D eigenvalue weighted by Crippen LogP contribution is -2.39. The molecule has 0 radical (unpaired) electrons. The molecule has 120 valence electrons. The Labute approximate surface area is 136 Å². The smallest absolute Gasteiger partial charge is 0.251 e. The molecule has 21 heavy (non-hydrogen) atoms. The number of halogens is 4. The molecule has 0 amide bonds. The summed E-state index contributed by atoms with van der Waals surface area (Å²) in [4.78, 5) is 6.67. The Kier molecular flexibility index (Phi) is 6.63. The van der Waals surface area contributed by atoms with E-state index in [-0.39, 0.29) is 37.7 Å². The first-order chi connectivity index (χ1) is 9.14. The molecule has 1 aromatic heterocycles. The minimum atomic E-state index is -2.49. The van der Waals surface area contributed by atoms with Gasteiger partial charge in [0, 0.05) is 44.6 Å². The molecule has 0 aliphatic carbocycles. The van der Waals surface area contributed by atoms with Gasteiger partial charge >= 0.3 is 0 Å². The van der Waals surface area contributed by atoms with E-state index in [1.165, 1.54) is 5.56 Å². The molecule has 0 aromatic carbocycles. The Morgan fingerprint density at radius 2 is 1.71 bits per heavy atom. The Bertz CT molecular complexity index is 462. The van der Waals surface area contributed by atoms with Crippen LogP contribution in [0.15, 0.2) is 12.1 Å². The van der Waals surface area contributed by atoms with Crippen LogP contribution in [0, 0.1) is 0 Å². The molecule has 2 aliphatic rings. The highest BCUT2D eigenvalue weighted by Crippen LogP contribution is 2.30. The van der Waals surface area contributed by atoms with Crippen molar-refractivity contribution in [3.8, 4) is 0 Å². The van der Waals surface area contributed by atoms with E-state index in [1.54, 1.807) is 0 Å².